The minimum atomic E-state index is -4.46. The molecule has 0 fully saturated rings. The fourth-order valence-corrected chi connectivity index (χ4v) is 2.12. The molecule has 8 heteroatoms. The molecule has 0 radical (unpaired) electrons. The fourth-order valence-electron chi connectivity index (χ4n) is 2.12. The third-order valence-corrected chi connectivity index (χ3v) is 3.27. The minimum absolute atomic E-state index is 0.0525. The number of pyridine rings is 1. The number of halogens is 4. The lowest BCUT2D eigenvalue weighted by Gasteiger charge is -2.08. The highest BCUT2D eigenvalue weighted by Crippen LogP contribution is 2.29. The van der Waals surface area contributed by atoms with Gasteiger partial charge in [-0.05, 0) is 24.3 Å². The van der Waals surface area contributed by atoms with Gasteiger partial charge in [0.25, 0.3) is 5.91 Å². The van der Waals surface area contributed by atoms with E-state index in [-0.39, 0.29) is 16.8 Å². The lowest BCUT2D eigenvalue weighted by Crippen LogP contribution is -2.12. The van der Waals surface area contributed by atoms with E-state index in [1.54, 1.807) is 0 Å². The van der Waals surface area contributed by atoms with Crippen molar-refractivity contribution in [3.05, 3.63) is 59.8 Å². The van der Waals surface area contributed by atoms with Crippen LogP contribution in [0.1, 0.15) is 15.9 Å². The number of hydrogen-bond donors (Lipinski definition) is 2. The first-order chi connectivity index (χ1) is 10.9. The SMILES string of the molecule is O=C(Nc1c[nH]c2c(F)cncc12)c1ccc(C(F)(F)F)cc1. The number of benzene rings is 1. The van der Waals surface area contributed by atoms with E-state index in [0.717, 1.165) is 30.5 Å². The van der Waals surface area contributed by atoms with E-state index >= 15 is 0 Å². The first-order valence-corrected chi connectivity index (χ1v) is 6.45. The quantitative estimate of drug-likeness (QED) is 0.701. The van der Waals surface area contributed by atoms with E-state index in [9.17, 15) is 22.4 Å². The van der Waals surface area contributed by atoms with Gasteiger partial charge < -0.3 is 10.3 Å². The summed E-state index contributed by atoms with van der Waals surface area (Å²) in [4.78, 5) is 18.4. The maximum atomic E-state index is 13.5. The van der Waals surface area contributed by atoms with Crippen LogP contribution in [-0.2, 0) is 6.18 Å². The topological polar surface area (TPSA) is 57.8 Å². The van der Waals surface area contributed by atoms with Crippen LogP contribution in [-0.4, -0.2) is 15.9 Å². The smallest absolute Gasteiger partial charge is 0.357 e. The summed E-state index contributed by atoms with van der Waals surface area (Å²) in [5.74, 6) is -1.18. The fraction of sp³-hybridized carbons (Fsp3) is 0.0667. The number of amides is 1. The Hall–Kier alpha value is -2.90. The predicted octanol–water partition coefficient (Wildman–Crippen LogP) is 3.97. The highest BCUT2D eigenvalue weighted by Gasteiger charge is 2.30. The maximum absolute atomic E-state index is 13.5. The van der Waals surface area contributed by atoms with Crippen molar-refractivity contribution in [2.45, 2.75) is 6.18 Å². The van der Waals surface area contributed by atoms with Gasteiger partial charge in [0.1, 0.15) is 0 Å². The number of aromatic nitrogens is 2. The molecule has 2 N–H and O–H groups in total. The molecule has 0 bridgehead atoms. The second-order valence-corrected chi connectivity index (χ2v) is 4.78. The van der Waals surface area contributed by atoms with E-state index in [4.69, 9.17) is 0 Å². The number of H-pyrrole nitrogens is 1. The van der Waals surface area contributed by atoms with Crippen molar-refractivity contribution in [1.29, 1.82) is 0 Å². The van der Waals surface area contributed by atoms with Crippen LogP contribution in [0.2, 0.25) is 0 Å². The molecule has 1 aromatic carbocycles. The summed E-state index contributed by atoms with van der Waals surface area (Å²) >= 11 is 0. The Morgan fingerprint density at radius 2 is 1.83 bits per heavy atom. The number of fused-ring (bicyclic) bond motifs is 1. The molecule has 2 heterocycles. The molecule has 4 nitrogen and oxygen atoms in total. The molecule has 0 aliphatic heterocycles. The summed E-state index contributed by atoms with van der Waals surface area (Å²) < 4.78 is 51.0. The standard InChI is InChI=1S/C15H9F4N3O/c16-11-6-20-5-10-12(7-21-13(10)11)22-14(23)8-1-3-9(4-2-8)15(17,18)19/h1-7,21H,(H,22,23). The van der Waals surface area contributed by atoms with Gasteiger partial charge in [-0.2, -0.15) is 13.2 Å². The Balaban J connectivity index is 1.85. The number of carbonyl (C=O) groups is 1. The molecule has 3 rings (SSSR count). The van der Waals surface area contributed by atoms with Crippen molar-refractivity contribution in [2.75, 3.05) is 5.32 Å². The molecule has 118 valence electrons. The maximum Gasteiger partial charge on any atom is 0.416 e. The number of aromatic amines is 1. The number of anilines is 1. The summed E-state index contributed by atoms with van der Waals surface area (Å²) in [5.41, 5.74) is -0.316. The second-order valence-electron chi connectivity index (χ2n) is 4.78. The van der Waals surface area contributed by atoms with Crippen molar-refractivity contribution in [1.82, 2.24) is 9.97 Å². The average Bonchev–Trinajstić information content (AvgIpc) is 2.91. The van der Waals surface area contributed by atoms with Crippen molar-refractivity contribution in [2.24, 2.45) is 0 Å². The second kappa shape index (κ2) is 5.38. The van der Waals surface area contributed by atoms with Gasteiger partial charge in [-0.25, -0.2) is 4.39 Å². The van der Waals surface area contributed by atoms with Gasteiger partial charge in [0.2, 0.25) is 0 Å². The lowest BCUT2D eigenvalue weighted by atomic mass is 10.1. The molecule has 0 saturated heterocycles. The van der Waals surface area contributed by atoms with Gasteiger partial charge in [-0.1, -0.05) is 0 Å². The van der Waals surface area contributed by atoms with Crippen molar-refractivity contribution in [3.63, 3.8) is 0 Å². The van der Waals surface area contributed by atoms with Gasteiger partial charge in [-0.3, -0.25) is 9.78 Å². The number of carbonyl (C=O) groups excluding carboxylic acids is 1. The Morgan fingerprint density at radius 1 is 1.13 bits per heavy atom. The molecule has 0 spiro atoms. The Kier molecular flexibility index (Phi) is 3.51. The molecule has 0 saturated carbocycles. The van der Waals surface area contributed by atoms with Gasteiger partial charge in [0.15, 0.2) is 5.82 Å². The summed E-state index contributed by atoms with van der Waals surface area (Å²) in [5, 5.41) is 2.87. The molecule has 0 unspecified atom stereocenters. The zero-order valence-corrected chi connectivity index (χ0v) is 11.4. The zero-order chi connectivity index (χ0) is 16.6. The van der Waals surface area contributed by atoms with Crippen LogP contribution in [0.15, 0.2) is 42.9 Å². The van der Waals surface area contributed by atoms with Gasteiger partial charge in [0.05, 0.1) is 23.0 Å². The highest BCUT2D eigenvalue weighted by molar-refractivity contribution is 6.08. The Morgan fingerprint density at radius 3 is 2.48 bits per heavy atom. The summed E-state index contributed by atoms with van der Waals surface area (Å²) in [6.07, 6.45) is -0.677. The van der Waals surface area contributed by atoms with Gasteiger partial charge >= 0.3 is 6.18 Å². The summed E-state index contributed by atoms with van der Waals surface area (Å²) in [7, 11) is 0. The molecular weight excluding hydrogens is 314 g/mol. The first-order valence-electron chi connectivity index (χ1n) is 6.45. The molecular formula is C15H9F4N3O. The molecule has 3 aromatic rings. The van der Waals surface area contributed by atoms with Crippen LogP contribution >= 0.6 is 0 Å². The van der Waals surface area contributed by atoms with E-state index in [0.29, 0.717) is 5.39 Å². The zero-order valence-electron chi connectivity index (χ0n) is 11.4. The van der Waals surface area contributed by atoms with Crippen LogP contribution < -0.4 is 5.32 Å². The lowest BCUT2D eigenvalue weighted by molar-refractivity contribution is -0.137. The largest absolute Gasteiger partial charge is 0.416 e. The first kappa shape index (κ1) is 15.0. The van der Waals surface area contributed by atoms with E-state index in [1.165, 1.54) is 12.4 Å². The van der Waals surface area contributed by atoms with Crippen LogP contribution in [0.3, 0.4) is 0 Å². The van der Waals surface area contributed by atoms with Crippen LogP contribution in [0, 0.1) is 5.82 Å². The predicted molar refractivity (Wildman–Crippen MR) is 75.4 cm³/mol. The number of nitrogens with one attached hydrogen (secondary N) is 2. The molecule has 1 amide bonds. The monoisotopic (exact) mass is 323 g/mol. The number of alkyl halides is 3. The van der Waals surface area contributed by atoms with Crippen molar-refractivity contribution in [3.8, 4) is 0 Å². The summed E-state index contributed by atoms with van der Waals surface area (Å²) in [6, 6.07) is 3.80. The molecule has 2 aromatic heterocycles. The third kappa shape index (κ3) is 2.87. The van der Waals surface area contributed by atoms with Crippen molar-refractivity contribution >= 4 is 22.5 Å². The van der Waals surface area contributed by atoms with E-state index in [1.807, 2.05) is 0 Å². The number of nitrogens with zero attached hydrogens (tertiary/aromatic N) is 1. The number of hydrogen-bond acceptors (Lipinski definition) is 2. The van der Waals surface area contributed by atoms with Gasteiger partial charge in [-0.15, -0.1) is 0 Å². The Labute approximate surface area is 127 Å². The minimum Gasteiger partial charge on any atom is -0.357 e. The molecule has 0 aliphatic rings. The average molecular weight is 323 g/mol. The van der Waals surface area contributed by atoms with Gasteiger partial charge in [0, 0.05) is 23.3 Å². The van der Waals surface area contributed by atoms with E-state index in [2.05, 4.69) is 15.3 Å². The third-order valence-electron chi connectivity index (χ3n) is 3.27. The normalized spacial score (nSPS) is 11.7. The van der Waals surface area contributed by atoms with Crippen molar-refractivity contribution < 1.29 is 22.4 Å². The molecule has 23 heavy (non-hydrogen) atoms. The van der Waals surface area contributed by atoms with Crippen LogP contribution in [0.5, 0.6) is 0 Å². The summed E-state index contributed by atoms with van der Waals surface area (Å²) in [6.45, 7) is 0. The highest BCUT2D eigenvalue weighted by atomic mass is 19.4. The van der Waals surface area contributed by atoms with Crippen LogP contribution in [0.4, 0.5) is 23.2 Å². The molecule has 0 aliphatic carbocycles. The van der Waals surface area contributed by atoms with Crippen LogP contribution in [0.25, 0.3) is 10.9 Å². The Bertz CT molecular complexity index is 869. The molecule has 0 atom stereocenters. The number of rotatable bonds is 2. The van der Waals surface area contributed by atoms with E-state index < -0.39 is 23.5 Å².